The molecule has 0 unspecified atom stereocenters. The molecule has 2 aromatic carbocycles. The molecule has 0 spiro atoms. The maximum absolute atomic E-state index is 12.1. The molecule has 138 valence electrons. The number of halogens is 1. The number of aromatic hydroxyl groups is 2. The first-order chi connectivity index (χ1) is 12.8. The first-order valence-corrected chi connectivity index (χ1v) is 8.08. The minimum Gasteiger partial charge on any atom is -0.507 e. The molecule has 0 radical (unpaired) electrons. The molecule has 4 N–H and O–H groups in total. The van der Waals surface area contributed by atoms with Crippen molar-refractivity contribution in [3.8, 4) is 28.5 Å². The van der Waals surface area contributed by atoms with Crippen LogP contribution in [0.2, 0.25) is 5.02 Å². The van der Waals surface area contributed by atoms with E-state index >= 15 is 0 Å². The number of carbonyl (C=O) groups excluding carboxylic acids is 2. The monoisotopic (exact) mass is 387 g/mol. The van der Waals surface area contributed by atoms with E-state index in [1.807, 2.05) is 0 Å². The van der Waals surface area contributed by atoms with Crippen molar-refractivity contribution < 1.29 is 24.5 Å². The zero-order valence-corrected chi connectivity index (χ0v) is 14.7. The van der Waals surface area contributed by atoms with Crippen molar-refractivity contribution in [1.29, 1.82) is 0 Å². The Morgan fingerprint density at radius 3 is 2.52 bits per heavy atom. The Kier molecular flexibility index (Phi) is 5.00. The lowest BCUT2D eigenvalue weighted by Gasteiger charge is -2.09. The molecule has 1 heterocycles. The Bertz CT molecular complexity index is 1010. The van der Waals surface area contributed by atoms with E-state index in [9.17, 15) is 19.8 Å². The average molecular weight is 388 g/mol. The molecule has 3 aromatic rings. The van der Waals surface area contributed by atoms with Gasteiger partial charge in [-0.2, -0.15) is 5.10 Å². The number of phenols is 2. The number of nitrogens with zero attached hydrogens (tertiary/aromatic N) is 1. The number of nitrogens with one attached hydrogen (secondary N) is 2. The van der Waals surface area contributed by atoms with Crippen LogP contribution in [0.25, 0.3) is 11.3 Å². The van der Waals surface area contributed by atoms with Gasteiger partial charge in [-0.15, -0.1) is 0 Å². The Labute approximate surface area is 158 Å². The molecule has 0 aliphatic carbocycles. The summed E-state index contributed by atoms with van der Waals surface area (Å²) in [6, 6.07) is 8.68. The van der Waals surface area contributed by atoms with Crippen molar-refractivity contribution in [2.75, 3.05) is 5.32 Å². The van der Waals surface area contributed by atoms with Crippen LogP contribution in [0, 0.1) is 0 Å². The van der Waals surface area contributed by atoms with Gasteiger partial charge in [-0.3, -0.25) is 15.2 Å². The highest BCUT2D eigenvalue weighted by molar-refractivity contribution is 6.32. The molecule has 0 fully saturated rings. The minimum absolute atomic E-state index is 0.0124. The number of amides is 1. The van der Waals surface area contributed by atoms with Gasteiger partial charge in [-0.1, -0.05) is 11.6 Å². The van der Waals surface area contributed by atoms with Crippen LogP contribution in [-0.4, -0.2) is 32.3 Å². The highest BCUT2D eigenvalue weighted by atomic mass is 35.5. The molecule has 1 amide bonds. The van der Waals surface area contributed by atoms with Gasteiger partial charge in [-0.05, 0) is 37.3 Å². The van der Waals surface area contributed by atoms with Crippen LogP contribution in [0.5, 0.6) is 17.2 Å². The van der Waals surface area contributed by atoms with Gasteiger partial charge in [-0.25, -0.2) is 4.79 Å². The molecule has 0 aliphatic rings. The van der Waals surface area contributed by atoms with Gasteiger partial charge in [0.2, 0.25) is 0 Å². The summed E-state index contributed by atoms with van der Waals surface area (Å²) >= 11 is 5.86. The summed E-state index contributed by atoms with van der Waals surface area (Å²) in [6.45, 7) is 1.45. The van der Waals surface area contributed by atoms with Gasteiger partial charge < -0.3 is 14.9 Å². The van der Waals surface area contributed by atoms with Crippen LogP contribution < -0.4 is 10.1 Å². The Balaban J connectivity index is 1.77. The number of Topliss-reactive ketones (excluding diaryl/α,β-unsaturated/α-hetero) is 1. The van der Waals surface area contributed by atoms with Crippen molar-refractivity contribution in [3.05, 3.63) is 53.2 Å². The summed E-state index contributed by atoms with van der Waals surface area (Å²) in [4.78, 5) is 23.4. The fourth-order valence-electron chi connectivity index (χ4n) is 2.33. The van der Waals surface area contributed by atoms with Crippen LogP contribution in [-0.2, 0) is 0 Å². The fraction of sp³-hybridized carbons (Fsp3) is 0.0556. The second-order valence-electron chi connectivity index (χ2n) is 5.58. The number of hydrogen-bond acceptors (Lipinski definition) is 6. The molecule has 1 aromatic heterocycles. The first kappa shape index (κ1) is 18.3. The number of ether oxygens (including phenoxy) is 1. The summed E-state index contributed by atoms with van der Waals surface area (Å²) in [5.41, 5.74) is 1.36. The lowest BCUT2D eigenvalue weighted by molar-refractivity contribution is 0.101. The number of anilines is 1. The first-order valence-electron chi connectivity index (χ1n) is 7.70. The predicted octanol–water partition coefficient (Wildman–Crippen LogP) is 3.95. The van der Waals surface area contributed by atoms with Crippen LogP contribution in [0.1, 0.15) is 17.3 Å². The molecule has 27 heavy (non-hydrogen) atoms. The summed E-state index contributed by atoms with van der Waals surface area (Å²) in [5.74, 6) is -0.595. The standard InChI is InChI=1S/C18H14ClN3O5/c1-9(23)10-2-4-11(5-3-10)21-18(26)27-16-8-20-22-17(16)12-6-13(19)15(25)7-14(12)24/h2-8,24-25H,1H3,(H,20,22)(H,21,26). The van der Waals surface area contributed by atoms with Gasteiger partial charge in [0.1, 0.15) is 17.2 Å². The van der Waals surface area contributed by atoms with Crippen molar-refractivity contribution in [2.24, 2.45) is 0 Å². The number of H-pyrrole nitrogens is 1. The highest BCUT2D eigenvalue weighted by Crippen LogP contribution is 2.39. The van der Waals surface area contributed by atoms with Crippen molar-refractivity contribution in [1.82, 2.24) is 10.2 Å². The number of phenolic OH excluding ortho intramolecular Hbond substituents is 2. The minimum atomic E-state index is -0.794. The highest BCUT2D eigenvalue weighted by Gasteiger charge is 2.18. The Morgan fingerprint density at radius 2 is 1.85 bits per heavy atom. The SMILES string of the molecule is CC(=O)c1ccc(NC(=O)Oc2cn[nH]c2-c2cc(Cl)c(O)cc2O)cc1. The van der Waals surface area contributed by atoms with Gasteiger partial charge in [0, 0.05) is 22.9 Å². The number of aromatic nitrogens is 2. The molecule has 0 bridgehead atoms. The number of benzene rings is 2. The van der Waals surface area contributed by atoms with Crippen molar-refractivity contribution >= 4 is 29.2 Å². The molecule has 3 rings (SSSR count). The van der Waals surface area contributed by atoms with Crippen molar-refractivity contribution in [3.63, 3.8) is 0 Å². The van der Waals surface area contributed by atoms with E-state index < -0.39 is 6.09 Å². The third-order valence-electron chi connectivity index (χ3n) is 3.68. The van der Waals surface area contributed by atoms with E-state index in [4.69, 9.17) is 16.3 Å². The van der Waals surface area contributed by atoms with E-state index in [1.165, 1.54) is 19.2 Å². The topological polar surface area (TPSA) is 125 Å². The number of rotatable bonds is 4. The van der Waals surface area contributed by atoms with Gasteiger partial charge in [0.25, 0.3) is 0 Å². The summed E-state index contributed by atoms with van der Waals surface area (Å²) < 4.78 is 5.22. The normalized spacial score (nSPS) is 10.4. The third kappa shape index (κ3) is 4.01. The van der Waals surface area contributed by atoms with E-state index in [-0.39, 0.29) is 39.3 Å². The largest absolute Gasteiger partial charge is 0.507 e. The van der Waals surface area contributed by atoms with Gasteiger partial charge in [0.15, 0.2) is 11.5 Å². The summed E-state index contributed by atoms with van der Waals surface area (Å²) in [7, 11) is 0. The maximum atomic E-state index is 12.1. The van der Waals surface area contributed by atoms with Crippen LogP contribution in [0.15, 0.2) is 42.6 Å². The number of aromatic amines is 1. The zero-order chi connectivity index (χ0) is 19.6. The molecule has 0 saturated heterocycles. The maximum Gasteiger partial charge on any atom is 0.417 e. The van der Waals surface area contributed by atoms with E-state index in [1.54, 1.807) is 24.3 Å². The molecular weight excluding hydrogens is 374 g/mol. The molecule has 9 heteroatoms. The van der Waals surface area contributed by atoms with Crippen molar-refractivity contribution in [2.45, 2.75) is 6.92 Å². The molecule has 8 nitrogen and oxygen atoms in total. The van der Waals surface area contributed by atoms with Gasteiger partial charge in [0.05, 0.1) is 11.2 Å². The van der Waals surface area contributed by atoms with E-state index in [0.717, 1.165) is 6.07 Å². The predicted molar refractivity (Wildman–Crippen MR) is 98.5 cm³/mol. The fourth-order valence-corrected chi connectivity index (χ4v) is 2.49. The van der Waals surface area contributed by atoms with Crippen LogP contribution in [0.4, 0.5) is 10.5 Å². The molecular formula is C18H14ClN3O5. The second-order valence-corrected chi connectivity index (χ2v) is 5.99. The van der Waals surface area contributed by atoms with E-state index in [2.05, 4.69) is 15.5 Å². The Hall–Kier alpha value is -3.52. The number of ketones is 1. The third-order valence-corrected chi connectivity index (χ3v) is 3.98. The summed E-state index contributed by atoms with van der Waals surface area (Å²) in [6.07, 6.45) is 0.464. The molecule has 0 atom stereocenters. The molecule has 0 saturated carbocycles. The number of carbonyl (C=O) groups is 2. The van der Waals surface area contributed by atoms with Crippen LogP contribution in [0.3, 0.4) is 0 Å². The van der Waals surface area contributed by atoms with Crippen LogP contribution >= 0.6 is 11.6 Å². The van der Waals surface area contributed by atoms with E-state index in [0.29, 0.717) is 11.3 Å². The smallest absolute Gasteiger partial charge is 0.417 e. The van der Waals surface area contributed by atoms with Gasteiger partial charge >= 0.3 is 6.09 Å². The quantitative estimate of drug-likeness (QED) is 0.502. The number of hydrogen-bond donors (Lipinski definition) is 4. The Morgan fingerprint density at radius 1 is 1.15 bits per heavy atom. The lowest BCUT2D eigenvalue weighted by atomic mass is 10.1. The second kappa shape index (κ2) is 7.38. The summed E-state index contributed by atoms with van der Waals surface area (Å²) in [5, 5.41) is 28.5. The lowest BCUT2D eigenvalue weighted by Crippen LogP contribution is -2.16. The molecule has 0 aliphatic heterocycles. The average Bonchev–Trinajstić information content (AvgIpc) is 3.06. The zero-order valence-electron chi connectivity index (χ0n) is 14.0.